The zero-order chi connectivity index (χ0) is 14.3. The van der Waals surface area contributed by atoms with E-state index >= 15 is 0 Å². The third-order valence-electron chi connectivity index (χ3n) is 2.63. The van der Waals surface area contributed by atoms with E-state index in [9.17, 15) is 9.59 Å². The van der Waals surface area contributed by atoms with Gasteiger partial charge in [-0.25, -0.2) is 0 Å². The van der Waals surface area contributed by atoms with Gasteiger partial charge in [0.15, 0.2) is 0 Å². The molecule has 1 atom stereocenters. The quantitative estimate of drug-likeness (QED) is 0.785. The lowest BCUT2D eigenvalue weighted by molar-refractivity contribution is -0.122. The number of halogens is 1. The van der Waals surface area contributed by atoms with Gasteiger partial charge in [-0.05, 0) is 31.0 Å². The Kier molecular flexibility index (Phi) is 6.36. The summed E-state index contributed by atoms with van der Waals surface area (Å²) in [4.78, 5) is 23.6. The number of carbonyl (C=O) groups excluding carboxylic acids is 2. The number of benzene rings is 1. The SMILES string of the molecule is CCCNC(=O)C(C)NC(=O)c1cccc(CCl)c1. The first-order chi connectivity index (χ1) is 9.08. The van der Waals surface area contributed by atoms with Crippen molar-refractivity contribution in [2.75, 3.05) is 6.54 Å². The van der Waals surface area contributed by atoms with Crippen molar-refractivity contribution < 1.29 is 9.59 Å². The van der Waals surface area contributed by atoms with Crippen LogP contribution in [0, 0.1) is 0 Å². The summed E-state index contributed by atoms with van der Waals surface area (Å²) in [5, 5.41) is 5.40. The Morgan fingerprint density at radius 2 is 2.11 bits per heavy atom. The number of nitrogens with one attached hydrogen (secondary N) is 2. The highest BCUT2D eigenvalue weighted by Crippen LogP contribution is 2.08. The molecule has 19 heavy (non-hydrogen) atoms. The van der Waals surface area contributed by atoms with Crippen LogP contribution in [0.25, 0.3) is 0 Å². The maximum atomic E-state index is 12.0. The van der Waals surface area contributed by atoms with E-state index in [0.29, 0.717) is 18.0 Å². The standard InChI is InChI=1S/C14H19ClN2O2/c1-3-7-16-13(18)10(2)17-14(19)12-6-4-5-11(8-12)9-15/h4-6,8,10H,3,7,9H2,1-2H3,(H,16,18)(H,17,19). The topological polar surface area (TPSA) is 58.2 Å². The number of amides is 2. The molecule has 0 aliphatic heterocycles. The number of rotatable bonds is 6. The van der Waals surface area contributed by atoms with Crippen LogP contribution in [-0.2, 0) is 10.7 Å². The van der Waals surface area contributed by atoms with Gasteiger partial charge in [0.2, 0.25) is 5.91 Å². The largest absolute Gasteiger partial charge is 0.354 e. The molecule has 0 saturated carbocycles. The number of carbonyl (C=O) groups is 2. The minimum Gasteiger partial charge on any atom is -0.354 e. The molecule has 1 rings (SSSR count). The maximum absolute atomic E-state index is 12.0. The predicted octanol–water partition coefficient (Wildman–Crippen LogP) is 2.07. The van der Waals surface area contributed by atoms with Crippen LogP contribution in [0.3, 0.4) is 0 Å². The molecule has 0 aromatic heterocycles. The Morgan fingerprint density at radius 3 is 2.74 bits per heavy atom. The van der Waals surface area contributed by atoms with Gasteiger partial charge >= 0.3 is 0 Å². The summed E-state index contributed by atoms with van der Waals surface area (Å²) in [6.07, 6.45) is 0.865. The van der Waals surface area contributed by atoms with Crippen LogP contribution >= 0.6 is 11.6 Å². The van der Waals surface area contributed by atoms with Crippen LogP contribution in [0.2, 0.25) is 0 Å². The Balaban J connectivity index is 2.60. The van der Waals surface area contributed by atoms with Crippen molar-refractivity contribution in [1.29, 1.82) is 0 Å². The lowest BCUT2D eigenvalue weighted by atomic mass is 10.1. The van der Waals surface area contributed by atoms with Crippen LogP contribution < -0.4 is 10.6 Å². The zero-order valence-electron chi connectivity index (χ0n) is 11.2. The first-order valence-electron chi connectivity index (χ1n) is 6.32. The summed E-state index contributed by atoms with van der Waals surface area (Å²) in [6, 6.07) is 6.48. The molecule has 1 aromatic carbocycles. The van der Waals surface area contributed by atoms with Gasteiger partial charge in [-0.2, -0.15) is 0 Å². The van der Waals surface area contributed by atoms with Crippen molar-refractivity contribution in [3.05, 3.63) is 35.4 Å². The molecule has 0 saturated heterocycles. The van der Waals surface area contributed by atoms with E-state index in [0.717, 1.165) is 12.0 Å². The molecule has 0 radical (unpaired) electrons. The van der Waals surface area contributed by atoms with E-state index in [1.54, 1.807) is 25.1 Å². The molecule has 0 spiro atoms. The average Bonchev–Trinajstić information content (AvgIpc) is 2.44. The molecule has 1 unspecified atom stereocenters. The molecule has 104 valence electrons. The summed E-state index contributed by atoms with van der Waals surface area (Å²) in [5.74, 6) is -0.0944. The van der Waals surface area contributed by atoms with Gasteiger partial charge in [0, 0.05) is 18.0 Å². The molecule has 2 amide bonds. The predicted molar refractivity (Wildman–Crippen MR) is 76.2 cm³/mol. The maximum Gasteiger partial charge on any atom is 0.251 e. The highest BCUT2D eigenvalue weighted by molar-refractivity contribution is 6.17. The Bertz CT molecular complexity index is 449. The van der Waals surface area contributed by atoms with Gasteiger partial charge < -0.3 is 10.6 Å². The molecular formula is C14H19ClN2O2. The average molecular weight is 283 g/mol. The van der Waals surface area contributed by atoms with E-state index in [4.69, 9.17) is 11.6 Å². The summed E-state index contributed by atoms with van der Waals surface area (Å²) >= 11 is 5.72. The Morgan fingerprint density at radius 1 is 1.37 bits per heavy atom. The third-order valence-corrected chi connectivity index (χ3v) is 2.94. The van der Waals surface area contributed by atoms with Crippen molar-refractivity contribution in [3.63, 3.8) is 0 Å². The second-order valence-electron chi connectivity index (χ2n) is 4.32. The summed E-state index contributed by atoms with van der Waals surface area (Å²) < 4.78 is 0. The second-order valence-corrected chi connectivity index (χ2v) is 4.59. The zero-order valence-corrected chi connectivity index (χ0v) is 12.0. The molecular weight excluding hydrogens is 264 g/mol. The number of hydrogen-bond acceptors (Lipinski definition) is 2. The molecule has 0 heterocycles. The van der Waals surface area contributed by atoms with Crippen LogP contribution in [0.1, 0.15) is 36.2 Å². The van der Waals surface area contributed by atoms with Crippen molar-refractivity contribution in [3.8, 4) is 0 Å². The first-order valence-corrected chi connectivity index (χ1v) is 6.85. The molecule has 0 fully saturated rings. The van der Waals surface area contributed by atoms with Gasteiger partial charge in [-0.1, -0.05) is 19.1 Å². The molecule has 4 nitrogen and oxygen atoms in total. The normalized spacial score (nSPS) is 11.7. The van der Waals surface area contributed by atoms with Crippen molar-refractivity contribution in [2.24, 2.45) is 0 Å². The monoisotopic (exact) mass is 282 g/mol. The fourth-order valence-electron chi connectivity index (χ4n) is 1.54. The van der Waals surface area contributed by atoms with Gasteiger partial charge in [0.1, 0.15) is 6.04 Å². The second kappa shape index (κ2) is 7.79. The number of alkyl halides is 1. The van der Waals surface area contributed by atoms with Crippen LogP contribution in [0.5, 0.6) is 0 Å². The van der Waals surface area contributed by atoms with Crippen LogP contribution in [-0.4, -0.2) is 24.4 Å². The third kappa shape index (κ3) is 4.91. The smallest absolute Gasteiger partial charge is 0.251 e. The lowest BCUT2D eigenvalue weighted by Crippen LogP contribution is -2.45. The van der Waals surface area contributed by atoms with E-state index in [1.807, 2.05) is 13.0 Å². The highest BCUT2D eigenvalue weighted by Gasteiger charge is 2.15. The molecule has 0 aliphatic carbocycles. The Hall–Kier alpha value is -1.55. The van der Waals surface area contributed by atoms with Gasteiger partial charge in [-0.15, -0.1) is 11.6 Å². The summed E-state index contributed by atoms with van der Waals surface area (Å²) in [6.45, 7) is 4.25. The molecule has 0 aliphatic rings. The first kappa shape index (κ1) is 15.5. The van der Waals surface area contributed by atoms with Gasteiger partial charge in [0.25, 0.3) is 5.91 Å². The minimum atomic E-state index is -0.557. The molecule has 1 aromatic rings. The molecule has 0 bridgehead atoms. The van der Waals surface area contributed by atoms with Crippen molar-refractivity contribution in [2.45, 2.75) is 32.2 Å². The number of hydrogen-bond donors (Lipinski definition) is 2. The molecule has 5 heteroatoms. The van der Waals surface area contributed by atoms with Crippen LogP contribution in [0.4, 0.5) is 0 Å². The van der Waals surface area contributed by atoms with E-state index in [2.05, 4.69) is 10.6 Å². The van der Waals surface area contributed by atoms with E-state index in [1.165, 1.54) is 0 Å². The fourth-order valence-corrected chi connectivity index (χ4v) is 1.71. The fraction of sp³-hybridized carbons (Fsp3) is 0.429. The van der Waals surface area contributed by atoms with E-state index in [-0.39, 0.29) is 11.8 Å². The molecule has 2 N–H and O–H groups in total. The van der Waals surface area contributed by atoms with Crippen molar-refractivity contribution >= 4 is 23.4 Å². The minimum absolute atomic E-state index is 0.177. The van der Waals surface area contributed by atoms with Gasteiger partial charge in [0.05, 0.1) is 0 Å². The van der Waals surface area contributed by atoms with Gasteiger partial charge in [-0.3, -0.25) is 9.59 Å². The highest BCUT2D eigenvalue weighted by atomic mass is 35.5. The summed E-state index contributed by atoms with van der Waals surface area (Å²) in [5.41, 5.74) is 1.38. The van der Waals surface area contributed by atoms with Crippen LogP contribution in [0.15, 0.2) is 24.3 Å². The Labute approximate surface area is 118 Å². The lowest BCUT2D eigenvalue weighted by Gasteiger charge is -2.14. The van der Waals surface area contributed by atoms with Crippen molar-refractivity contribution in [1.82, 2.24) is 10.6 Å². The van der Waals surface area contributed by atoms with E-state index < -0.39 is 6.04 Å². The summed E-state index contributed by atoms with van der Waals surface area (Å²) in [7, 11) is 0.